The number of imidazole rings is 1. The highest BCUT2D eigenvalue weighted by Crippen LogP contribution is 2.21. The third kappa shape index (κ3) is 3.14. The molecule has 1 N–H and O–H groups in total. The van der Waals surface area contributed by atoms with Crippen molar-refractivity contribution in [3.63, 3.8) is 0 Å². The minimum Gasteiger partial charge on any atom is -0.481 e. The van der Waals surface area contributed by atoms with E-state index >= 15 is 0 Å². The summed E-state index contributed by atoms with van der Waals surface area (Å²) in [5, 5.41) is 13.7. The van der Waals surface area contributed by atoms with E-state index in [4.69, 9.17) is 5.11 Å². The van der Waals surface area contributed by atoms with Crippen molar-refractivity contribution in [3.05, 3.63) is 34.3 Å². The number of carboxylic acid groups (broad SMARTS) is 1. The van der Waals surface area contributed by atoms with E-state index in [-0.39, 0.29) is 5.75 Å². The van der Waals surface area contributed by atoms with Gasteiger partial charge in [-0.05, 0) is 28.8 Å². The van der Waals surface area contributed by atoms with Crippen LogP contribution in [-0.4, -0.2) is 26.4 Å². The summed E-state index contributed by atoms with van der Waals surface area (Å²) >= 11 is 2.93. The van der Waals surface area contributed by atoms with E-state index in [0.29, 0.717) is 0 Å². The molecule has 96 valence electrons. The average molecular weight is 282 g/mol. The van der Waals surface area contributed by atoms with Crippen LogP contribution in [0, 0.1) is 0 Å². The number of thiophene rings is 1. The number of hydrogen-bond donors (Lipinski definition) is 1. The van der Waals surface area contributed by atoms with Gasteiger partial charge < -0.3 is 9.67 Å². The predicted molar refractivity (Wildman–Crippen MR) is 73.4 cm³/mol. The Balaban J connectivity index is 2.19. The van der Waals surface area contributed by atoms with E-state index in [0.717, 1.165) is 23.8 Å². The SMILES string of the molecule is CCc1cnc(SCC(=O)O)n1Cc1ccsc1. The lowest BCUT2D eigenvalue weighted by atomic mass is 10.3. The van der Waals surface area contributed by atoms with Gasteiger partial charge in [-0.2, -0.15) is 11.3 Å². The largest absolute Gasteiger partial charge is 0.481 e. The number of thioether (sulfide) groups is 1. The zero-order valence-electron chi connectivity index (χ0n) is 10.00. The van der Waals surface area contributed by atoms with Crippen LogP contribution in [0.5, 0.6) is 0 Å². The van der Waals surface area contributed by atoms with Gasteiger partial charge in [0.15, 0.2) is 5.16 Å². The molecule has 0 fully saturated rings. The van der Waals surface area contributed by atoms with Gasteiger partial charge in [0.2, 0.25) is 0 Å². The molecule has 6 heteroatoms. The summed E-state index contributed by atoms with van der Waals surface area (Å²) in [6.45, 7) is 2.83. The molecule has 0 aromatic carbocycles. The van der Waals surface area contributed by atoms with Crippen LogP contribution in [0.4, 0.5) is 0 Å². The maximum atomic E-state index is 10.6. The number of hydrogen-bond acceptors (Lipinski definition) is 4. The minimum absolute atomic E-state index is 0.0454. The third-order valence-electron chi connectivity index (χ3n) is 2.51. The molecule has 0 radical (unpaired) electrons. The first-order valence-electron chi connectivity index (χ1n) is 5.60. The molecule has 2 aromatic rings. The lowest BCUT2D eigenvalue weighted by Gasteiger charge is -2.09. The molecule has 0 aliphatic rings. The van der Waals surface area contributed by atoms with Crippen molar-refractivity contribution in [2.75, 3.05) is 5.75 Å². The van der Waals surface area contributed by atoms with Crippen molar-refractivity contribution in [3.8, 4) is 0 Å². The van der Waals surface area contributed by atoms with E-state index in [1.807, 2.05) is 11.6 Å². The highest BCUT2D eigenvalue weighted by molar-refractivity contribution is 7.99. The average Bonchev–Trinajstić information content (AvgIpc) is 2.97. The van der Waals surface area contributed by atoms with E-state index in [9.17, 15) is 4.79 Å². The summed E-state index contributed by atoms with van der Waals surface area (Å²) in [5.74, 6) is -0.771. The van der Waals surface area contributed by atoms with Gasteiger partial charge in [-0.25, -0.2) is 4.98 Å². The topological polar surface area (TPSA) is 55.1 Å². The maximum absolute atomic E-state index is 10.6. The number of carboxylic acids is 1. The van der Waals surface area contributed by atoms with Crippen molar-refractivity contribution >= 4 is 29.1 Å². The molecule has 2 rings (SSSR count). The fourth-order valence-corrected chi connectivity index (χ4v) is 3.03. The van der Waals surface area contributed by atoms with Gasteiger partial charge >= 0.3 is 5.97 Å². The molecular formula is C12H14N2O2S2. The number of rotatable bonds is 6. The molecule has 0 amide bonds. The van der Waals surface area contributed by atoms with Crippen LogP contribution in [0.15, 0.2) is 28.2 Å². The first kappa shape index (κ1) is 13.2. The Labute approximate surface area is 114 Å². The van der Waals surface area contributed by atoms with Crippen LogP contribution < -0.4 is 0 Å². The number of carbonyl (C=O) groups is 1. The van der Waals surface area contributed by atoms with Crippen LogP contribution in [0.3, 0.4) is 0 Å². The molecule has 0 unspecified atom stereocenters. The standard InChI is InChI=1S/C12H14N2O2S2/c1-2-10-5-13-12(18-8-11(15)16)14(10)6-9-3-4-17-7-9/h3-5,7H,2,6,8H2,1H3,(H,15,16). The quantitative estimate of drug-likeness (QED) is 0.828. The van der Waals surface area contributed by atoms with E-state index in [1.165, 1.54) is 17.3 Å². The van der Waals surface area contributed by atoms with Crippen LogP contribution in [0.1, 0.15) is 18.2 Å². The summed E-state index contributed by atoms with van der Waals surface area (Å²) < 4.78 is 2.09. The summed E-state index contributed by atoms with van der Waals surface area (Å²) in [4.78, 5) is 14.9. The van der Waals surface area contributed by atoms with Crippen LogP contribution in [0.25, 0.3) is 0 Å². The van der Waals surface area contributed by atoms with Crippen LogP contribution >= 0.6 is 23.1 Å². The van der Waals surface area contributed by atoms with Crippen LogP contribution in [0.2, 0.25) is 0 Å². The molecule has 0 saturated carbocycles. The number of aromatic nitrogens is 2. The monoisotopic (exact) mass is 282 g/mol. The van der Waals surface area contributed by atoms with Gasteiger partial charge in [0.05, 0.1) is 12.3 Å². The zero-order chi connectivity index (χ0) is 13.0. The van der Waals surface area contributed by atoms with Crippen molar-refractivity contribution in [1.29, 1.82) is 0 Å². The van der Waals surface area contributed by atoms with E-state index in [2.05, 4.69) is 27.9 Å². The molecule has 0 saturated heterocycles. The second kappa shape index (κ2) is 6.06. The zero-order valence-corrected chi connectivity index (χ0v) is 11.6. The van der Waals surface area contributed by atoms with Crippen molar-refractivity contribution < 1.29 is 9.90 Å². The van der Waals surface area contributed by atoms with Crippen LogP contribution in [-0.2, 0) is 17.8 Å². The molecular weight excluding hydrogens is 268 g/mol. The molecule has 18 heavy (non-hydrogen) atoms. The Morgan fingerprint density at radius 3 is 3.06 bits per heavy atom. The van der Waals surface area contributed by atoms with E-state index in [1.54, 1.807) is 11.3 Å². The molecule has 4 nitrogen and oxygen atoms in total. The fraction of sp³-hybridized carbons (Fsp3) is 0.333. The molecule has 2 heterocycles. The molecule has 0 spiro atoms. The first-order valence-corrected chi connectivity index (χ1v) is 7.53. The minimum atomic E-state index is -0.817. The fourth-order valence-electron chi connectivity index (χ4n) is 1.65. The van der Waals surface area contributed by atoms with Crippen molar-refractivity contribution in [2.45, 2.75) is 25.0 Å². The summed E-state index contributed by atoms with van der Waals surface area (Å²) in [5.41, 5.74) is 2.36. The second-order valence-corrected chi connectivity index (χ2v) is 5.51. The van der Waals surface area contributed by atoms with Gasteiger partial charge in [0, 0.05) is 11.9 Å². The van der Waals surface area contributed by atoms with Gasteiger partial charge in [0.25, 0.3) is 0 Å². The van der Waals surface area contributed by atoms with Gasteiger partial charge in [-0.15, -0.1) is 0 Å². The van der Waals surface area contributed by atoms with Crippen molar-refractivity contribution in [1.82, 2.24) is 9.55 Å². The Hall–Kier alpha value is -1.27. The molecule has 2 aromatic heterocycles. The second-order valence-electron chi connectivity index (χ2n) is 3.79. The van der Waals surface area contributed by atoms with Crippen molar-refractivity contribution in [2.24, 2.45) is 0 Å². The summed E-state index contributed by atoms with van der Waals surface area (Å²) in [7, 11) is 0. The Bertz CT molecular complexity index is 520. The smallest absolute Gasteiger partial charge is 0.313 e. The molecule has 0 bridgehead atoms. The molecule has 0 aliphatic heterocycles. The summed E-state index contributed by atoms with van der Waals surface area (Å²) in [6.07, 6.45) is 2.72. The molecule has 0 aliphatic carbocycles. The maximum Gasteiger partial charge on any atom is 0.313 e. The third-order valence-corrected chi connectivity index (χ3v) is 4.22. The van der Waals surface area contributed by atoms with Gasteiger partial charge in [-0.3, -0.25) is 4.79 Å². The number of aliphatic carboxylic acids is 1. The Morgan fingerprint density at radius 2 is 2.44 bits per heavy atom. The lowest BCUT2D eigenvalue weighted by molar-refractivity contribution is -0.133. The number of aryl methyl sites for hydroxylation is 1. The molecule has 0 atom stereocenters. The van der Waals surface area contributed by atoms with Gasteiger partial charge in [-0.1, -0.05) is 18.7 Å². The summed E-state index contributed by atoms with van der Waals surface area (Å²) in [6, 6.07) is 2.08. The highest BCUT2D eigenvalue weighted by atomic mass is 32.2. The first-order chi connectivity index (χ1) is 8.70. The highest BCUT2D eigenvalue weighted by Gasteiger charge is 2.11. The normalized spacial score (nSPS) is 10.7. The number of nitrogens with zero attached hydrogens (tertiary/aromatic N) is 2. The Morgan fingerprint density at radius 1 is 1.61 bits per heavy atom. The van der Waals surface area contributed by atoms with Gasteiger partial charge in [0.1, 0.15) is 0 Å². The van der Waals surface area contributed by atoms with E-state index < -0.39 is 5.97 Å². The Kier molecular flexibility index (Phi) is 4.43. The lowest BCUT2D eigenvalue weighted by Crippen LogP contribution is -2.06. The predicted octanol–water partition coefficient (Wildman–Crippen LogP) is 2.73.